The number of esters is 1. The van der Waals surface area contributed by atoms with Crippen molar-refractivity contribution in [2.24, 2.45) is 0 Å². The molecule has 0 saturated heterocycles. The average Bonchev–Trinajstić information content (AvgIpc) is 2.26. The predicted octanol–water partition coefficient (Wildman–Crippen LogP) is 3.26. The Balaban J connectivity index is 3.94. The smallest absolute Gasteiger partial charge is 0.330 e. The molecule has 0 aromatic heterocycles. The third kappa shape index (κ3) is 9.82. The van der Waals surface area contributed by atoms with Crippen molar-refractivity contribution in [3.63, 3.8) is 0 Å². The molecule has 0 aromatic carbocycles. The number of carbonyl (C=O) groups excluding carboxylic acids is 1. The summed E-state index contributed by atoms with van der Waals surface area (Å²) in [6, 6.07) is 0. The van der Waals surface area contributed by atoms with Crippen molar-refractivity contribution >= 4 is 5.97 Å². The third-order valence-electron chi connectivity index (χ3n) is 2.09. The van der Waals surface area contributed by atoms with E-state index in [1.54, 1.807) is 6.92 Å². The van der Waals surface area contributed by atoms with Crippen LogP contribution in [0.1, 0.15) is 40.5 Å². The quantitative estimate of drug-likeness (QED) is 0.371. The van der Waals surface area contributed by atoms with Gasteiger partial charge in [0.2, 0.25) is 0 Å². The predicted molar refractivity (Wildman–Crippen MR) is 69.9 cm³/mol. The first-order valence-corrected chi connectivity index (χ1v) is 6.23. The highest BCUT2D eigenvalue weighted by molar-refractivity contribution is 5.83. The summed E-state index contributed by atoms with van der Waals surface area (Å²) in [7, 11) is 0. The van der Waals surface area contributed by atoms with Crippen molar-refractivity contribution in [2.75, 3.05) is 13.2 Å². The number of carbonyl (C=O) groups is 1. The van der Waals surface area contributed by atoms with Crippen LogP contribution in [-0.2, 0) is 14.3 Å². The van der Waals surface area contributed by atoms with Crippen molar-refractivity contribution < 1.29 is 14.3 Å². The Labute approximate surface area is 104 Å². The maximum Gasteiger partial charge on any atom is 0.330 e. The molecular formula is C14H24O3. The second-order valence-corrected chi connectivity index (χ2v) is 3.96. The Kier molecular flexibility index (Phi) is 9.44. The molecule has 17 heavy (non-hydrogen) atoms. The minimum Gasteiger partial charge on any atom is -0.463 e. The van der Waals surface area contributed by atoms with Gasteiger partial charge < -0.3 is 9.47 Å². The zero-order valence-corrected chi connectivity index (χ0v) is 11.4. The molecule has 1 atom stereocenters. The topological polar surface area (TPSA) is 35.5 Å². The molecule has 3 nitrogen and oxygen atoms in total. The summed E-state index contributed by atoms with van der Waals surface area (Å²) < 4.78 is 10.3. The molecule has 0 heterocycles. The SMILES string of the molecule is CCCOC(C)CC=CC(C)=CC(=O)OCC. The number of hydrogen-bond donors (Lipinski definition) is 0. The van der Waals surface area contributed by atoms with Gasteiger partial charge in [0.1, 0.15) is 0 Å². The van der Waals surface area contributed by atoms with E-state index in [1.165, 1.54) is 6.08 Å². The van der Waals surface area contributed by atoms with E-state index in [-0.39, 0.29) is 12.1 Å². The first kappa shape index (κ1) is 15.9. The summed E-state index contributed by atoms with van der Waals surface area (Å²) in [5.74, 6) is -0.287. The zero-order chi connectivity index (χ0) is 13.1. The minimum absolute atomic E-state index is 0.224. The Morgan fingerprint density at radius 3 is 2.65 bits per heavy atom. The molecule has 1 unspecified atom stereocenters. The number of allylic oxidation sites excluding steroid dienone is 2. The Bertz CT molecular complexity index is 267. The van der Waals surface area contributed by atoms with Crippen LogP contribution in [0.3, 0.4) is 0 Å². The molecule has 0 bridgehead atoms. The average molecular weight is 240 g/mol. The maximum absolute atomic E-state index is 11.1. The van der Waals surface area contributed by atoms with Crippen LogP contribution in [0.5, 0.6) is 0 Å². The summed E-state index contributed by atoms with van der Waals surface area (Å²) in [4.78, 5) is 11.1. The van der Waals surface area contributed by atoms with Crippen LogP contribution in [0, 0.1) is 0 Å². The van der Waals surface area contributed by atoms with Crippen molar-refractivity contribution in [3.05, 3.63) is 23.8 Å². The molecular weight excluding hydrogens is 216 g/mol. The lowest BCUT2D eigenvalue weighted by Crippen LogP contribution is -2.07. The second kappa shape index (κ2) is 10.1. The summed E-state index contributed by atoms with van der Waals surface area (Å²) in [5, 5.41) is 0. The van der Waals surface area contributed by atoms with Crippen LogP contribution in [0.4, 0.5) is 0 Å². The third-order valence-corrected chi connectivity index (χ3v) is 2.09. The van der Waals surface area contributed by atoms with Crippen molar-refractivity contribution in [1.29, 1.82) is 0 Å². The highest BCUT2D eigenvalue weighted by Gasteiger charge is 1.98. The van der Waals surface area contributed by atoms with Crippen molar-refractivity contribution in [2.45, 2.75) is 46.6 Å². The molecule has 0 fully saturated rings. The van der Waals surface area contributed by atoms with Gasteiger partial charge in [-0.3, -0.25) is 0 Å². The van der Waals surface area contributed by atoms with Crippen molar-refractivity contribution in [1.82, 2.24) is 0 Å². The van der Waals surface area contributed by atoms with Gasteiger partial charge in [0.25, 0.3) is 0 Å². The largest absolute Gasteiger partial charge is 0.463 e. The highest BCUT2D eigenvalue weighted by Crippen LogP contribution is 2.03. The normalized spacial score (nSPS) is 14.0. The molecule has 0 saturated carbocycles. The van der Waals surface area contributed by atoms with Crippen LogP contribution < -0.4 is 0 Å². The number of hydrogen-bond acceptors (Lipinski definition) is 3. The van der Waals surface area contributed by atoms with E-state index < -0.39 is 0 Å². The zero-order valence-electron chi connectivity index (χ0n) is 11.4. The van der Waals surface area contributed by atoms with Crippen LogP contribution in [0.15, 0.2) is 23.8 Å². The maximum atomic E-state index is 11.1. The molecule has 0 rings (SSSR count). The van der Waals surface area contributed by atoms with Gasteiger partial charge in [0.05, 0.1) is 12.7 Å². The summed E-state index contributed by atoms with van der Waals surface area (Å²) in [6.45, 7) is 9.02. The second-order valence-electron chi connectivity index (χ2n) is 3.96. The van der Waals surface area contributed by atoms with Gasteiger partial charge in [-0.15, -0.1) is 0 Å². The fourth-order valence-corrected chi connectivity index (χ4v) is 1.25. The van der Waals surface area contributed by atoms with E-state index in [0.717, 1.165) is 25.0 Å². The molecule has 0 N–H and O–H groups in total. The minimum atomic E-state index is -0.287. The van der Waals surface area contributed by atoms with Gasteiger partial charge in [-0.1, -0.05) is 19.1 Å². The van der Waals surface area contributed by atoms with Crippen molar-refractivity contribution in [3.8, 4) is 0 Å². The molecule has 0 amide bonds. The van der Waals surface area contributed by atoms with Crippen LogP contribution >= 0.6 is 0 Å². The summed E-state index contributed by atoms with van der Waals surface area (Å²) >= 11 is 0. The van der Waals surface area contributed by atoms with Crippen LogP contribution in [0.25, 0.3) is 0 Å². The van der Waals surface area contributed by atoms with E-state index in [2.05, 4.69) is 6.92 Å². The molecule has 0 aromatic rings. The van der Waals surface area contributed by atoms with Gasteiger partial charge in [-0.25, -0.2) is 4.79 Å². The molecule has 0 radical (unpaired) electrons. The highest BCUT2D eigenvalue weighted by atomic mass is 16.5. The first-order valence-electron chi connectivity index (χ1n) is 6.23. The first-order chi connectivity index (χ1) is 8.10. The lowest BCUT2D eigenvalue weighted by molar-refractivity contribution is -0.137. The van der Waals surface area contributed by atoms with E-state index >= 15 is 0 Å². The van der Waals surface area contributed by atoms with Gasteiger partial charge in [-0.2, -0.15) is 0 Å². The molecule has 0 spiro atoms. The summed E-state index contributed by atoms with van der Waals surface area (Å²) in [5.41, 5.74) is 0.895. The van der Waals surface area contributed by atoms with E-state index in [0.29, 0.717) is 6.61 Å². The Morgan fingerprint density at radius 1 is 1.35 bits per heavy atom. The molecule has 98 valence electrons. The van der Waals surface area contributed by atoms with Gasteiger partial charge >= 0.3 is 5.97 Å². The Morgan fingerprint density at radius 2 is 2.06 bits per heavy atom. The van der Waals surface area contributed by atoms with E-state index in [4.69, 9.17) is 9.47 Å². The van der Waals surface area contributed by atoms with Gasteiger partial charge in [-0.05, 0) is 39.2 Å². The monoisotopic (exact) mass is 240 g/mol. The Hall–Kier alpha value is -1.09. The van der Waals surface area contributed by atoms with Gasteiger partial charge in [0, 0.05) is 12.7 Å². The molecule has 0 aliphatic rings. The van der Waals surface area contributed by atoms with E-state index in [1.807, 2.05) is 26.0 Å². The molecule has 3 heteroatoms. The van der Waals surface area contributed by atoms with Gasteiger partial charge in [0.15, 0.2) is 0 Å². The lowest BCUT2D eigenvalue weighted by atomic mass is 10.2. The van der Waals surface area contributed by atoms with Crippen LogP contribution in [0.2, 0.25) is 0 Å². The summed E-state index contributed by atoms with van der Waals surface area (Å²) in [6.07, 6.45) is 7.55. The van der Waals surface area contributed by atoms with Crippen LogP contribution in [-0.4, -0.2) is 25.3 Å². The fourth-order valence-electron chi connectivity index (χ4n) is 1.25. The fraction of sp³-hybridized carbons (Fsp3) is 0.643. The standard InChI is InChI=1S/C14H24O3/c1-5-10-17-13(4)9-7-8-12(3)11-14(15)16-6-2/h7-8,11,13H,5-6,9-10H2,1-4H3. The van der Waals surface area contributed by atoms with E-state index in [9.17, 15) is 4.79 Å². The number of ether oxygens (including phenoxy) is 2. The lowest BCUT2D eigenvalue weighted by Gasteiger charge is -2.09. The number of rotatable bonds is 8. The molecule has 0 aliphatic heterocycles. The molecule has 0 aliphatic carbocycles.